The summed E-state index contributed by atoms with van der Waals surface area (Å²) in [6.45, 7) is 0. The van der Waals surface area contributed by atoms with E-state index in [9.17, 15) is 13.5 Å². The first-order chi connectivity index (χ1) is 9.48. The molecule has 0 spiro atoms. The van der Waals surface area contributed by atoms with Gasteiger partial charge in [0, 0.05) is 12.4 Å². The van der Waals surface area contributed by atoms with Crippen LogP contribution in [0.25, 0.3) is 0 Å². The molecular formula is C13H13ClN2O3S. The number of para-hydroxylation sites is 1. The molecule has 0 aliphatic carbocycles. The number of aromatic hydroxyl groups is 1. The van der Waals surface area contributed by atoms with E-state index < -0.39 is 10.0 Å². The Morgan fingerprint density at radius 3 is 2.60 bits per heavy atom. The van der Waals surface area contributed by atoms with E-state index >= 15 is 0 Å². The molecule has 0 fully saturated rings. The first-order valence-electron chi connectivity index (χ1n) is 5.85. The van der Waals surface area contributed by atoms with E-state index in [2.05, 4.69) is 9.71 Å². The number of hydrogen-bond acceptors (Lipinski definition) is 4. The molecule has 0 aliphatic heterocycles. The molecule has 106 valence electrons. The number of phenols is 1. The largest absolute Gasteiger partial charge is 0.504 e. The van der Waals surface area contributed by atoms with Crippen LogP contribution in [-0.2, 0) is 16.4 Å². The number of halogens is 1. The Hall–Kier alpha value is -1.79. The molecule has 1 aromatic carbocycles. The van der Waals surface area contributed by atoms with Gasteiger partial charge in [-0.1, -0.05) is 17.7 Å². The number of pyridine rings is 1. The number of aromatic nitrogens is 1. The Bertz CT molecular complexity index is 690. The van der Waals surface area contributed by atoms with Crippen molar-refractivity contribution in [2.75, 3.05) is 10.5 Å². The minimum Gasteiger partial charge on any atom is -0.504 e. The molecule has 0 radical (unpaired) electrons. The monoisotopic (exact) mass is 312 g/mol. The fourth-order valence-corrected chi connectivity index (χ4v) is 2.90. The molecule has 2 rings (SSSR count). The summed E-state index contributed by atoms with van der Waals surface area (Å²) in [5.41, 5.74) is 0.952. The Kier molecular flexibility index (Phi) is 4.46. The van der Waals surface area contributed by atoms with E-state index in [4.69, 9.17) is 11.6 Å². The number of anilines is 1. The SMILES string of the molecule is O=S(=O)(CCc1ccncc1)Nc1cccc(Cl)c1O. The molecule has 0 atom stereocenters. The number of nitrogens with zero attached hydrogens (tertiary/aromatic N) is 1. The lowest BCUT2D eigenvalue weighted by atomic mass is 10.2. The fraction of sp³-hybridized carbons (Fsp3) is 0.154. The molecular weight excluding hydrogens is 300 g/mol. The van der Waals surface area contributed by atoms with Crippen LogP contribution in [0.1, 0.15) is 5.56 Å². The van der Waals surface area contributed by atoms with Crippen LogP contribution < -0.4 is 4.72 Å². The molecule has 2 aromatic rings. The van der Waals surface area contributed by atoms with Gasteiger partial charge in [-0.05, 0) is 36.2 Å². The topological polar surface area (TPSA) is 79.3 Å². The van der Waals surface area contributed by atoms with Crippen LogP contribution in [0.3, 0.4) is 0 Å². The predicted molar refractivity (Wildman–Crippen MR) is 78.5 cm³/mol. The van der Waals surface area contributed by atoms with Gasteiger partial charge in [0.2, 0.25) is 10.0 Å². The zero-order chi connectivity index (χ0) is 14.6. The van der Waals surface area contributed by atoms with Crippen LogP contribution in [0.15, 0.2) is 42.7 Å². The Labute approximate surface area is 122 Å². The molecule has 5 nitrogen and oxygen atoms in total. The number of sulfonamides is 1. The number of hydrogen-bond donors (Lipinski definition) is 2. The van der Waals surface area contributed by atoms with Crippen molar-refractivity contribution in [2.45, 2.75) is 6.42 Å². The van der Waals surface area contributed by atoms with Crippen molar-refractivity contribution in [1.29, 1.82) is 0 Å². The standard InChI is InChI=1S/C13H13ClN2O3S/c14-11-2-1-3-12(13(11)17)16-20(18,19)9-6-10-4-7-15-8-5-10/h1-5,7-8,16-17H,6,9H2. The summed E-state index contributed by atoms with van der Waals surface area (Å²) in [5, 5.41) is 9.78. The normalized spacial score (nSPS) is 11.2. The molecule has 0 saturated heterocycles. The molecule has 0 bridgehead atoms. The summed E-state index contributed by atoms with van der Waals surface area (Å²) in [6.07, 6.45) is 3.58. The second-order valence-corrected chi connectivity index (χ2v) is 6.41. The van der Waals surface area contributed by atoms with Gasteiger partial charge in [0.15, 0.2) is 5.75 Å². The molecule has 0 aliphatic rings. The number of nitrogens with one attached hydrogen (secondary N) is 1. The van der Waals surface area contributed by atoms with Gasteiger partial charge in [0.25, 0.3) is 0 Å². The summed E-state index contributed by atoms with van der Waals surface area (Å²) in [6, 6.07) is 8.00. The highest BCUT2D eigenvalue weighted by Gasteiger charge is 2.14. The van der Waals surface area contributed by atoms with Crippen LogP contribution in [0.5, 0.6) is 5.75 Å². The lowest BCUT2D eigenvalue weighted by molar-refractivity contribution is 0.478. The highest BCUT2D eigenvalue weighted by atomic mass is 35.5. The zero-order valence-electron chi connectivity index (χ0n) is 10.5. The number of rotatable bonds is 5. The smallest absolute Gasteiger partial charge is 0.233 e. The highest BCUT2D eigenvalue weighted by molar-refractivity contribution is 7.92. The Morgan fingerprint density at radius 1 is 1.20 bits per heavy atom. The predicted octanol–water partition coefficient (Wildman–Crippen LogP) is 2.43. The second-order valence-electron chi connectivity index (χ2n) is 4.16. The third-order valence-electron chi connectivity index (χ3n) is 2.66. The number of benzene rings is 1. The maximum atomic E-state index is 12.0. The number of phenolic OH excluding ortho intramolecular Hbond substituents is 1. The average molecular weight is 313 g/mol. The van der Waals surface area contributed by atoms with Crippen LogP contribution in [-0.4, -0.2) is 24.3 Å². The van der Waals surface area contributed by atoms with Crippen molar-refractivity contribution in [3.63, 3.8) is 0 Å². The van der Waals surface area contributed by atoms with Crippen molar-refractivity contribution in [1.82, 2.24) is 4.98 Å². The van der Waals surface area contributed by atoms with Crippen LogP contribution >= 0.6 is 11.6 Å². The van der Waals surface area contributed by atoms with E-state index in [1.807, 2.05) is 0 Å². The van der Waals surface area contributed by atoms with Gasteiger partial charge in [-0.2, -0.15) is 0 Å². The van der Waals surface area contributed by atoms with E-state index in [1.165, 1.54) is 12.1 Å². The Balaban J connectivity index is 2.06. The van der Waals surface area contributed by atoms with Crippen LogP contribution in [0, 0.1) is 0 Å². The lowest BCUT2D eigenvalue weighted by Crippen LogP contribution is -2.18. The molecule has 0 saturated carbocycles. The molecule has 7 heteroatoms. The van der Waals surface area contributed by atoms with Crippen molar-refractivity contribution in [3.8, 4) is 5.75 Å². The summed E-state index contributed by atoms with van der Waals surface area (Å²) < 4.78 is 26.2. The van der Waals surface area contributed by atoms with Crippen molar-refractivity contribution in [2.24, 2.45) is 0 Å². The van der Waals surface area contributed by atoms with Crippen molar-refractivity contribution < 1.29 is 13.5 Å². The lowest BCUT2D eigenvalue weighted by Gasteiger charge is -2.10. The van der Waals surface area contributed by atoms with E-state index in [-0.39, 0.29) is 22.2 Å². The van der Waals surface area contributed by atoms with Crippen molar-refractivity contribution in [3.05, 3.63) is 53.3 Å². The van der Waals surface area contributed by atoms with Gasteiger partial charge < -0.3 is 5.11 Å². The van der Waals surface area contributed by atoms with Gasteiger partial charge in [-0.15, -0.1) is 0 Å². The maximum absolute atomic E-state index is 12.0. The maximum Gasteiger partial charge on any atom is 0.233 e. The third kappa shape index (κ3) is 3.85. The zero-order valence-corrected chi connectivity index (χ0v) is 12.0. The second kappa shape index (κ2) is 6.11. The summed E-state index contributed by atoms with van der Waals surface area (Å²) in [5.74, 6) is -0.371. The number of aryl methyl sites for hydroxylation is 1. The van der Waals surface area contributed by atoms with E-state index in [0.29, 0.717) is 6.42 Å². The molecule has 0 unspecified atom stereocenters. The quantitative estimate of drug-likeness (QED) is 0.831. The van der Waals surface area contributed by atoms with Gasteiger partial charge in [-0.3, -0.25) is 9.71 Å². The van der Waals surface area contributed by atoms with Gasteiger partial charge >= 0.3 is 0 Å². The summed E-state index contributed by atoms with van der Waals surface area (Å²) in [7, 11) is -3.56. The molecule has 2 N–H and O–H groups in total. The molecule has 1 heterocycles. The first-order valence-corrected chi connectivity index (χ1v) is 7.88. The van der Waals surface area contributed by atoms with Gasteiger partial charge in [-0.25, -0.2) is 8.42 Å². The van der Waals surface area contributed by atoms with Crippen LogP contribution in [0.2, 0.25) is 5.02 Å². The first kappa shape index (κ1) is 14.6. The van der Waals surface area contributed by atoms with Gasteiger partial charge in [0.05, 0.1) is 16.5 Å². The van der Waals surface area contributed by atoms with E-state index in [1.54, 1.807) is 30.6 Å². The minimum atomic E-state index is -3.56. The highest BCUT2D eigenvalue weighted by Crippen LogP contribution is 2.31. The van der Waals surface area contributed by atoms with E-state index in [0.717, 1.165) is 5.56 Å². The van der Waals surface area contributed by atoms with Crippen LogP contribution in [0.4, 0.5) is 5.69 Å². The molecule has 1 aromatic heterocycles. The Morgan fingerprint density at radius 2 is 1.90 bits per heavy atom. The molecule has 0 amide bonds. The summed E-state index contributed by atoms with van der Waals surface area (Å²) >= 11 is 5.72. The molecule has 20 heavy (non-hydrogen) atoms. The van der Waals surface area contributed by atoms with Gasteiger partial charge in [0.1, 0.15) is 0 Å². The minimum absolute atomic E-state index is 0.0761. The fourth-order valence-electron chi connectivity index (χ4n) is 1.62. The summed E-state index contributed by atoms with van der Waals surface area (Å²) in [4.78, 5) is 3.87. The third-order valence-corrected chi connectivity index (χ3v) is 4.24. The van der Waals surface area contributed by atoms with Crippen molar-refractivity contribution >= 4 is 27.3 Å². The average Bonchev–Trinajstić information content (AvgIpc) is 2.43.